The van der Waals surface area contributed by atoms with Crippen molar-refractivity contribution in [2.24, 2.45) is 0 Å². The van der Waals surface area contributed by atoms with Gasteiger partial charge in [-0.25, -0.2) is 4.57 Å². The van der Waals surface area contributed by atoms with Crippen LogP contribution < -0.4 is 4.52 Å². The summed E-state index contributed by atoms with van der Waals surface area (Å²) in [6.45, 7) is 1.97. The summed E-state index contributed by atoms with van der Waals surface area (Å²) in [6, 6.07) is 16.6. The van der Waals surface area contributed by atoms with Crippen molar-refractivity contribution in [3.05, 3.63) is 65.7 Å². The Hall–Kier alpha value is -1.61. The van der Waals surface area contributed by atoms with E-state index in [4.69, 9.17) is 14.3 Å². The summed E-state index contributed by atoms with van der Waals surface area (Å²) < 4.78 is 15.7. The summed E-state index contributed by atoms with van der Waals surface area (Å²) in [7, 11) is -4.55. The Morgan fingerprint density at radius 3 is 2.21 bits per heavy atom. The van der Waals surface area contributed by atoms with Gasteiger partial charge in [-0.1, -0.05) is 55.5 Å². The molecule has 19 heavy (non-hydrogen) atoms. The second-order valence-electron chi connectivity index (χ2n) is 4.25. The predicted octanol–water partition coefficient (Wildman–Crippen LogP) is 3.31. The smallest absolute Gasteiger partial charge is 0.404 e. The second kappa shape index (κ2) is 5.57. The van der Waals surface area contributed by atoms with E-state index < -0.39 is 7.82 Å². The van der Waals surface area contributed by atoms with Crippen molar-refractivity contribution in [2.45, 2.75) is 12.8 Å². The maximum absolute atomic E-state index is 11.0. The van der Waals surface area contributed by atoms with Gasteiger partial charge in [-0.2, -0.15) is 0 Å². The zero-order chi connectivity index (χ0) is 13.9. The summed E-state index contributed by atoms with van der Waals surface area (Å²) in [5.74, 6) is 0.205. The van der Waals surface area contributed by atoms with Crippen LogP contribution in [0.5, 0.6) is 5.75 Å². The maximum atomic E-state index is 11.0. The number of hydrogen-bond donors (Lipinski definition) is 2. The third-order valence-electron chi connectivity index (χ3n) is 2.90. The first-order valence-corrected chi connectivity index (χ1v) is 7.39. The Bertz CT molecular complexity index is 591. The normalized spacial score (nSPS) is 13.0. The molecule has 2 N–H and O–H groups in total. The molecule has 0 bridgehead atoms. The molecule has 5 heteroatoms. The minimum Gasteiger partial charge on any atom is -0.404 e. The molecule has 100 valence electrons. The van der Waals surface area contributed by atoms with E-state index in [1.54, 1.807) is 12.1 Å². The Morgan fingerprint density at radius 1 is 1.00 bits per heavy atom. The zero-order valence-electron chi connectivity index (χ0n) is 10.4. The van der Waals surface area contributed by atoms with E-state index in [2.05, 4.69) is 0 Å². The summed E-state index contributed by atoms with van der Waals surface area (Å²) in [4.78, 5) is 17.9. The fourth-order valence-electron chi connectivity index (χ4n) is 1.97. The lowest BCUT2D eigenvalue weighted by Gasteiger charge is -2.17. The van der Waals surface area contributed by atoms with Gasteiger partial charge in [-0.15, -0.1) is 0 Å². The molecule has 0 aliphatic heterocycles. The van der Waals surface area contributed by atoms with Crippen molar-refractivity contribution in [3.8, 4) is 5.75 Å². The SMILES string of the molecule is CC(c1ccccc1)c1ccccc1OP(=O)(O)O. The molecule has 0 spiro atoms. The summed E-state index contributed by atoms with van der Waals surface area (Å²) in [5.41, 5.74) is 1.81. The van der Waals surface area contributed by atoms with Crippen molar-refractivity contribution in [1.82, 2.24) is 0 Å². The molecule has 0 amide bonds. The van der Waals surface area contributed by atoms with Crippen molar-refractivity contribution in [3.63, 3.8) is 0 Å². The Kier molecular flexibility index (Phi) is 4.05. The molecule has 1 unspecified atom stereocenters. The summed E-state index contributed by atoms with van der Waals surface area (Å²) >= 11 is 0. The number of para-hydroxylation sites is 1. The van der Waals surface area contributed by atoms with Crippen LogP contribution in [0.1, 0.15) is 24.0 Å². The minimum absolute atomic E-state index is 0.0102. The van der Waals surface area contributed by atoms with Crippen LogP contribution >= 0.6 is 7.82 Å². The van der Waals surface area contributed by atoms with Crippen LogP contribution in [0.4, 0.5) is 0 Å². The molecule has 2 rings (SSSR count). The molecule has 1 atom stereocenters. The van der Waals surface area contributed by atoms with Crippen LogP contribution in [0.3, 0.4) is 0 Å². The average molecular weight is 278 g/mol. The molecule has 0 aromatic heterocycles. The van der Waals surface area contributed by atoms with Crippen molar-refractivity contribution in [2.75, 3.05) is 0 Å². The van der Waals surface area contributed by atoms with Gasteiger partial charge in [0, 0.05) is 11.5 Å². The minimum atomic E-state index is -4.55. The molecular weight excluding hydrogens is 263 g/mol. The van der Waals surface area contributed by atoms with Crippen LogP contribution in [-0.4, -0.2) is 9.79 Å². The molecule has 0 fully saturated rings. The molecule has 0 saturated heterocycles. The van der Waals surface area contributed by atoms with Crippen LogP contribution in [0.2, 0.25) is 0 Å². The lowest BCUT2D eigenvalue weighted by atomic mass is 9.93. The Labute approximate surface area is 111 Å². The van der Waals surface area contributed by atoms with Gasteiger partial charge in [0.05, 0.1) is 0 Å². The Morgan fingerprint density at radius 2 is 1.58 bits per heavy atom. The highest BCUT2D eigenvalue weighted by Gasteiger charge is 2.20. The van der Waals surface area contributed by atoms with Gasteiger partial charge in [0.1, 0.15) is 5.75 Å². The topological polar surface area (TPSA) is 66.8 Å². The first-order chi connectivity index (χ1) is 8.97. The van der Waals surface area contributed by atoms with Gasteiger partial charge in [0.2, 0.25) is 0 Å². The molecule has 0 radical (unpaired) electrons. The first-order valence-electron chi connectivity index (χ1n) is 5.86. The highest BCUT2D eigenvalue weighted by Crippen LogP contribution is 2.41. The van der Waals surface area contributed by atoms with E-state index in [9.17, 15) is 4.57 Å². The molecule has 0 aliphatic carbocycles. The predicted molar refractivity (Wildman–Crippen MR) is 73.1 cm³/mol. The Balaban J connectivity index is 2.37. The summed E-state index contributed by atoms with van der Waals surface area (Å²) in [5, 5.41) is 0. The largest absolute Gasteiger partial charge is 0.524 e. The lowest BCUT2D eigenvalue weighted by Crippen LogP contribution is -2.00. The van der Waals surface area contributed by atoms with E-state index >= 15 is 0 Å². The summed E-state index contributed by atoms with van der Waals surface area (Å²) in [6.07, 6.45) is 0. The third kappa shape index (κ3) is 3.67. The molecule has 0 heterocycles. The lowest BCUT2D eigenvalue weighted by molar-refractivity contribution is 0.282. The van der Waals surface area contributed by atoms with E-state index in [-0.39, 0.29) is 11.7 Å². The van der Waals surface area contributed by atoms with Gasteiger partial charge in [-0.3, -0.25) is 9.79 Å². The maximum Gasteiger partial charge on any atom is 0.524 e. The fraction of sp³-hybridized carbons (Fsp3) is 0.143. The monoisotopic (exact) mass is 278 g/mol. The van der Waals surface area contributed by atoms with Crippen molar-refractivity contribution >= 4 is 7.82 Å². The number of hydrogen-bond acceptors (Lipinski definition) is 2. The first kappa shape index (κ1) is 13.8. The molecular formula is C14H15O4P. The molecule has 0 aliphatic rings. The van der Waals surface area contributed by atoms with E-state index in [1.165, 1.54) is 0 Å². The number of phosphoric ester groups is 1. The van der Waals surface area contributed by atoms with Gasteiger partial charge in [0.15, 0.2) is 0 Å². The third-order valence-corrected chi connectivity index (χ3v) is 3.34. The number of benzene rings is 2. The molecule has 0 saturated carbocycles. The quantitative estimate of drug-likeness (QED) is 0.842. The number of phosphoric acid groups is 1. The zero-order valence-corrected chi connectivity index (χ0v) is 11.3. The van der Waals surface area contributed by atoms with Crippen molar-refractivity contribution < 1.29 is 18.9 Å². The second-order valence-corrected chi connectivity index (χ2v) is 5.42. The average Bonchev–Trinajstić information content (AvgIpc) is 2.38. The van der Waals surface area contributed by atoms with Gasteiger partial charge < -0.3 is 4.52 Å². The highest BCUT2D eigenvalue weighted by atomic mass is 31.2. The van der Waals surface area contributed by atoms with Crippen molar-refractivity contribution in [1.29, 1.82) is 0 Å². The van der Waals surface area contributed by atoms with Gasteiger partial charge >= 0.3 is 7.82 Å². The van der Waals surface area contributed by atoms with Crippen LogP contribution in [-0.2, 0) is 4.57 Å². The molecule has 4 nitrogen and oxygen atoms in total. The highest BCUT2D eigenvalue weighted by molar-refractivity contribution is 7.46. The standard InChI is InChI=1S/C14H15O4P/c1-11(12-7-3-2-4-8-12)13-9-5-6-10-14(13)18-19(15,16)17/h2-11H,1H3,(H2,15,16,17). The number of rotatable bonds is 4. The van der Waals surface area contributed by atoms with Gasteiger partial charge in [0.25, 0.3) is 0 Å². The van der Waals surface area contributed by atoms with E-state index in [0.29, 0.717) is 0 Å². The fourth-order valence-corrected chi connectivity index (χ4v) is 2.39. The van der Waals surface area contributed by atoms with Crippen LogP contribution in [0.15, 0.2) is 54.6 Å². The van der Waals surface area contributed by atoms with Crippen LogP contribution in [0, 0.1) is 0 Å². The van der Waals surface area contributed by atoms with Crippen LogP contribution in [0.25, 0.3) is 0 Å². The van der Waals surface area contributed by atoms with Gasteiger partial charge in [-0.05, 0) is 11.6 Å². The molecule has 2 aromatic carbocycles. The van der Waals surface area contributed by atoms with E-state index in [0.717, 1.165) is 11.1 Å². The van der Waals surface area contributed by atoms with E-state index in [1.807, 2.05) is 49.4 Å². The molecule has 2 aromatic rings.